The zero-order chi connectivity index (χ0) is 18.8. The van der Waals surface area contributed by atoms with Gasteiger partial charge in [0.25, 0.3) is 11.8 Å². The van der Waals surface area contributed by atoms with Crippen molar-refractivity contribution < 1.29 is 45.9 Å². The Labute approximate surface area is 137 Å². The van der Waals surface area contributed by atoms with E-state index in [1.54, 1.807) is 0 Å². The van der Waals surface area contributed by atoms with Crippen molar-refractivity contribution in [3.8, 4) is 0 Å². The highest BCUT2D eigenvalue weighted by Gasteiger charge is 2.57. The van der Waals surface area contributed by atoms with Crippen molar-refractivity contribution in [1.29, 1.82) is 0 Å². The van der Waals surface area contributed by atoms with Gasteiger partial charge in [0.15, 0.2) is 0 Å². The van der Waals surface area contributed by atoms with Gasteiger partial charge >= 0.3 is 18.1 Å². The molecule has 0 N–H and O–H groups in total. The second kappa shape index (κ2) is 6.75. The highest BCUT2D eigenvalue weighted by molar-refractivity contribution is 6.20. The predicted octanol–water partition coefficient (Wildman–Crippen LogP) is 2.35. The van der Waals surface area contributed by atoms with E-state index in [1.807, 2.05) is 0 Å². The first-order chi connectivity index (χ1) is 11.5. The van der Waals surface area contributed by atoms with E-state index in [2.05, 4.69) is 9.57 Å². The van der Waals surface area contributed by atoms with Crippen LogP contribution in [0.3, 0.4) is 0 Å². The Kier molecular flexibility index (Phi) is 5.07. The SMILES string of the molecule is O=C(CCOCC(F)(F)C(F)(F)F)ON1C(=O)c2ccccc2C1=O. The summed E-state index contributed by atoms with van der Waals surface area (Å²) in [5.41, 5.74) is 0.0303. The van der Waals surface area contributed by atoms with Gasteiger partial charge in [-0.3, -0.25) is 9.59 Å². The summed E-state index contributed by atoms with van der Waals surface area (Å²) in [5.74, 6) is -8.04. The molecule has 0 bridgehead atoms. The topological polar surface area (TPSA) is 72.9 Å². The summed E-state index contributed by atoms with van der Waals surface area (Å²) < 4.78 is 65.0. The molecule has 1 aliphatic heterocycles. The van der Waals surface area contributed by atoms with Crippen LogP contribution >= 0.6 is 0 Å². The van der Waals surface area contributed by atoms with E-state index < -0.39 is 49.5 Å². The fourth-order valence-electron chi connectivity index (χ4n) is 1.84. The van der Waals surface area contributed by atoms with E-state index >= 15 is 0 Å². The number of benzene rings is 1. The average Bonchev–Trinajstić information content (AvgIpc) is 2.76. The number of rotatable bonds is 6. The predicted molar refractivity (Wildman–Crippen MR) is 69.5 cm³/mol. The summed E-state index contributed by atoms with van der Waals surface area (Å²) >= 11 is 0. The Bertz CT molecular complexity index is 668. The second-order valence-corrected chi connectivity index (χ2v) is 4.92. The molecule has 0 atom stereocenters. The number of imide groups is 1. The summed E-state index contributed by atoms with van der Waals surface area (Å²) in [5, 5.41) is 0.192. The Morgan fingerprint density at radius 1 is 1.00 bits per heavy atom. The minimum Gasteiger partial charge on any atom is -0.374 e. The van der Waals surface area contributed by atoms with Gasteiger partial charge < -0.3 is 9.57 Å². The lowest BCUT2D eigenvalue weighted by molar-refractivity contribution is -0.296. The van der Waals surface area contributed by atoms with Crippen molar-refractivity contribution in [2.45, 2.75) is 18.5 Å². The maximum absolute atomic E-state index is 12.6. The molecule has 2 amide bonds. The third-order valence-corrected chi connectivity index (χ3v) is 3.10. The van der Waals surface area contributed by atoms with Gasteiger partial charge in [-0.1, -0.05) is 17.2 Å². The summed E-state index contributed by atoms with van der Waals surface area (Å²) in [6, 6.07) is 5.66. The van der Waals surface area contributed by atoms with E-state index in [4.69, 9.17) is 0 Å². The van der Waals surface area contributed by atoms with Crippen LogP contribution in [0, 0.1) is 0 Å². The van der Waals surface area contributed by atoms with Crippen LogP contribution in [-0.2, 0) is 14.4 Å². The number of carbonyl (C=O) groups excluding carboxylic acids is 3. The third kappa shape index (κ3) is 3.92. The molecule has 0 saturated carbocycles. The third-order valence-electron chi connectivity index (χ3n) is 3.10. The number of hydrogen-bond donors (Lipinski definition) is 0. The molecular formula is C14H10F5NO5. The first kappa shape index (κ1) is 18.8. The van der Waals surface area contributed by atoms with Gasteiger partial charge in [0.2, 0.25) is 0 Å². The zero-order valence-corrected chi connectivity index (χ0v) is 12.3. The lowest BCUT2D eigenvalue weighted by atomic mass is 10.1. The number of hydroxylamine groups is 2. The number of halogens is 5. The van der Waals surface area contributed by atoms with E-state index in [0.717, 1.165) is 0 Å². The van der Waals surface area contributed by atoms with Gasteiger partial charge in [-0.25, -0.2) is 4.79 Å². The molecule has 0 radical (unpaired) electrons. The quantitative estimate of drug-likeness (QED) is 0.438. The summed E-state index contributed by atoms with van der Waals surface area (Å²) in [4.78, 5) is 39.8. The molecule has 1 aromatic rings. The van der Waals surface area contributed by atoms with Gasteiger partial charge in [0.1, 0.15) is 6.61 Å². The van der Waals surface area contributed by atoms with Crippen molar-refractivity contribution in [2.24, 2.45) is 0 Å². The average molecular weight is 367 g/mol. The molecule has 136 valence electrons. The van der Waals surface area contributed by atoms with Crippen LogP contribution in [0.5, 0.6) is 0 Å². The largest absolute Gasteiger partial charge is 0.455 e. The standard InChI is InChI=1S/C14H10F5NO5/c15-13(16,14(17,18)19)7-24-6-5-10(21)25-20-11(22)8-3-1-2-4-9(8)12(20)23/h1-4H,5-7H2. The lowest BCUT2D eigenvalue weighted by Crippen LogP contribution is -2.41. The zero-order valence-electron chi connectivity index (χ0n) is 12.3. The maximum Gasteiger partial charge on any atom is 0.455 e. The highest BCUT2D eigenvalue weighted by atomic mass is 19.4. The number of fused-ring (bicyclic) bond motifs is 1. The number of ether oxygens (including phenoxy) is 1. The van der Waals surface area contributed by atoms with Crippen molar-refractivity contribution >= 4 is 17.8 Å². The molecule has 2 rings (SSSR count). The Morgan fingerprint density at radius 3 is 2.00 bits per heavy atom. The normalized spacial score (nSPS) is 14.7. The molecule has 0 aromatic heterocycles. The van der Waals surface area contributed by atoms with Crippen molar-refractivity contribution in [2.75, 3.05) is 13.2 Å². The van der Waals surface area contributed by atoms with Crippen LogP contribution in [0.4, 0.5) is 22.0 Å². The fraction of sp³-hybridized carbons (Fsp3) is 0.357. The molecule has 0 fully saturated rings. The van der Waals surface area contributed by atoms with Gasteiger partial charge in [0, 0.05) is 0 Å². The number of hydrogen-bond acceptors (Lipinski definition) is 5. The Hall–Kier alpha value is -2.56. The minimum absolute atomic E-state index is 0.0152. The smallest absolute Gasteiger partial charge is 0.374 e. The van der Waals surface area contributed by atoms with Crippen molar-refractivity contribution in [3.63, 3.8) is 0 Å². The first-order valence-electron chi connectivity index (χ1n) is 6.75. The van der Waals surface area contributed by atoms with Crippen LogP contribution < -0.4 is 0 Å². The number of carbonyl (C=O) groups is 3. The molecule has 1 heterocycles. The van der Waals surface area contributed by atoms with Crippen molar-refractivity contribution in [3.05, 3.63) is 35.4 Å². The molecule has 11 heteroatoms. The van der Waals surface area contributed by atoms with Crippen LogP contribution in [0.2, 0.25) is 0 Å². The van der Waals surface area contributed by atoms with E-state index in [0.29, 0.717) is 0 Å². The van der Waals surface area contributed by atoms with Gasteiger partial charge in [-0.15, -0.1) is 0 Å². The molecule has 1 aromatic carbocycles. The van der Waals surface area contributed by atoms with E-state index in [-0.39, 0.29) is 16.2 Å². The number of amides is 2. The van der Waals surface area contributed by atoms with Crippen LogP contribution in [0.15, 0.2) is 24.3 Å². The highest BCUT2D eigenvalue weighted by Crippen LogP contribution is 2.35. The molecule has 0 spiro atoms. The molecular weight excluding hydrogens is 357 g/mol. The van der Waals surface area contributed by atoms with Gasteiger partial charge in [0.05, 0.1) is 24.2 Å². The Morgan fingerprint density at radius 2 is 1.52 bits per heavy atom. The van der Waals surface area contributed by atoms with Crippen LogP contribution in [0.1, 0.15) is 27.1 Å². The van der Waals surface area contributed by atoms with Gasteiger partial charge in [-0.05, 0) is 12.1 Å². The Balaban J connectivity index is 1.82. The monoisotopic (exact) mass is 367 g/mol. The van der Waals surface area contributed by atoms with Crippen LogP contribution in [-0.4, -0.2) is 48.2 Å². The molecule has 0 aliphatic carbocycles. The minimum atomic E-state index is -5.77. The molecule has 0 saturated heterocycles. The van der Waals surface area contributed by atoms with Crippen LogP contribution in [0.25, 0.3) is 0 Å². The molecule has 6 nitrogen and oxygen atoms in total. The van der Waals surface area contributed by atoms with Crippen molar-refractivity contribution in [1.82, 2.24) is 5.06 Å². The van der Waals surface area contributed by atoms with E-state index in [9.17, 15) is 36.3 Å². The maximum atomic E-state index is 12.6. The fourth-order valence-corrected chi connectivity index (χ4v) is 1.84. The van der Waals surface area contributed by atoms with Gasteiger partial charge in [-0.2, -0.15) is 22.0 Å². The molecule has 0 unspecified atom stereocenters. The molecule has 1 aliphatic rings. The summed E-state index contributed by atoms with van der Waals surface area (Å²) in [6.07, 6.45) is -6.50. The molecule has 25 heavy (non-hydrogen) atoms. The summed E-state index contributed by atoms with van der Waals surface area (Å²) in [6.45, 7) is -2.77. The summed E-state index contributed by atoms with van der Waals surface area (Å²) in [7, 11) is 0. The van der Waals surface area contributed by atoms with E-state index in [1.165, 1.54) is 24.3 Å². The second-order valence-electron chi connectivity index (χ2n) is 4.92. The lowest BCUT2D eigenvalue weighted by Gasteiger charge is -2.19. The number of nitrogens with zero attached hydrogens (tertiary/aromatic N) is 1. The number of alkyl halides is 5. The first-order valence-corrected chi connectivity index (χ1v) is 6.75.